The fraction of sp³-hybridized carbons (Fsp3) is 0.400. The summed E-state index contributed by atoms with van der Waals surface area (Å²) in [5.74, 6) is 0.430. The van der Waals surface area contributed by atoms with Crippen molar-refractivity contribution < 1.29 is 0 Å². The lowest BCUT2D eigenvalue weighted by atomic mass is 9.85. The second-order valence-corrected chi connectivity index (χ2v) is 6.36. The van der Waals surface area contributed by atoms with Crippen LogP contribution in [0.4, 0.5) is 0 Å². The van der Waals surface area contributed by atoms with Crippen LogP contribution in [0.25, 0.3) is 0 Å². The van der Waals surface area contributed by atoms with E-state index in [1.54, 1.807) is 11.1 Å². The van der Waals surface area contributed by atoms with E-state index in [0.29, 0.717) is 12.5 Å². The number of rotatable bonds is 4. The third kappa shape index (κ3) is 3.36. The molecule has 1 atom stereocenters. The Hall–Kier alpha value is -1.60. The number of nitrogens with two attached hydrogens (primary N) is 1. The molecule has 0 spiro atoms. The summed E-state index contributed by atoms with van der Waals surface area (Å²) in [6.07, 6.45) is 6.21. The van der Waals surface area contributed by atoms with Crippen molar-refractivity contribution in [3.63, 3.8) is 0 Å². The van der Waals surface area contributed by atoms with E-state index in [0.717, 1.165) is 6.42 Å². The topological polar surface area (TPSA) is 26.0 Å². The molecule has 2 aromatic rings. The van der Waals surface area contributed by atoms with Crippen molar-refractivity contribution >= 4 is 0 Å². The molecule has 3 rings (SSSR count). The van der Waals surface area contributed by atoms with Crippen LogP contribution in [0.1, 0.15) is 46.6 Å². The number of aryl methyl sites for hydroxylation is 3. The quantitative estimate of drug-likeness (QED) is 0.893. The first-order valence-electron chi connectivity index (χ1n) is 8.13. The van der Waals surface area contributed by atoms with Crippen molar-refractivity contribution in [2.24, 2.45) is 5.73 Å². The van der Waals surface area contributed by atoms with Crippen LogP contribution in [-0.4, -0.2) is 6.54 Å². The first-order chi connectivity index (χ1) is 10.3. The maximum atomic E-state index is 6.06. The Kier molecular flexibility index (Phi) is 4.40. The zero-order valence-corrected chi connectivity index (χ0v) is 12.9. The predicted molar refractivity (Wildman–Crippen MR) is 89.8 cm³/mol. The van der Waals surface area contributed by atoms with Crippen LogP contribution >= 0.6 is 0 Å². The molecule has 0 heterocycles. The molecule has 1 aliphatic rings. The molecule has 0 saturated heterocycles. The van der Waals surface area contributed by atoms with Crippen LogP contribution in [0.3, 0.4) is 0 Å². The first-order valence-corrected chi connectivity index (χ1v) is 8.13. The van der Waals surface area contributed by atoms with Gasteiger partial charge in [-0.3, -0.25) is 0 Å². The van der Waals surface area contributed by atoms with Crippen LogP contribution < -0.4 is 5.73 Å². The molecule has 2 N–H and O–H groups in total. The molecule has 1 nitrogen and oxygen atoms in total. The van der Waals surface area contributed by atoms with Crippen LogP contribution in [0.2, 0.25) is 0 Å². The molecule has 1 aliphatic carbocycles. The van der Waals surface area contributed by atoms with Crippen molar-refractivity contribution in [1.82, 2.24) is 0 Å². The van der Waals surface area contributed by atoms with Crippen molar-refractivity contribution in [1.29, 1.82) is 0 Å². The standard InChI is InChI=1S/C20H25N/c1-15-6-8-16(9-7-15)12-20(14-21)19-11-10-17-4-2-3-5-18(17)13-19/h6-11,13,20H,2-5,12,14,21H2,1H3. The van der Waals surface area contributed by atoms with E-state index in [9.17, 15) is 0 Å². The van der Waals surface area contributed by atoms with Gasteiger partial charge in [-0.15, -0.1) is 0 Å². The monoisotopic (exact) mass is 279 g/mol. The third-order valence-electron chi connectivity index (χ3n) is 4.73. The molecular formula is C20H25N. The summed E-state index contributed by atoms with van der Waals surface area (Å²) < 4.78 is 0. The highest BCUT2D eigenvalue weighted by Gasteiger charge is 2.15. The van der Waals surface area contributed by atoms with Gasteiger partial charge in [0, 0.05) is 5.92 Å². The summed E-state index contributed by atoms with van der Waals surface area (Å²) in [6, 6.07) is 15.9. The zero-order chi connectivity index (χ0) is 14.7. The van der Waals surface area contributed by atoms with E-state index in [1.807, 2.05) is 0 Å². The Morgan fingerprint density at radius 1 is 0.952 bits per heavy atom. The Morgan fingerprint density at radius 2 is 1.67 bits per heavy atom. The van der Waals surface area contributed by atoms with Gasteiger partial charge in [-0.25, -0.2) is 0 Å². The SMILES string of the molecule is Cc1ccc(CC(CN)c2ccc3c(c2)CCCC3)cc1. The van der Waals surface area contributed by atoms with Crippen LogP contribution in [0.5, 0.6) is 0 Å². The molecule has 0 bridgehead atoms. The summed E-state index contributed by atoms with van der Waals surface area (Å²) in [5.41, 5.74) is 13.3. The molecule has 0 aliphatic heterocycles. The van der Waals surface area contributed by atoms with Crippen LogP contribution in [0.15, 0.2) is 42.5 Å². The molecule has 0 amide bonds. The number of hydrogen-bond donors (Lipinski definition) is 1. The minimum Gasteiger partial charge on any atom is -0.330 e. The number of benzene rings is 2. The van der Waals surface area contributed by atoms with E-state index in [1.165, 1.54) is 42.4 Å². The number of hydrogen-bond acceptors (Lipinski definition) is 1. The first kappa shape index (κ1) is 14.3. The lowest BCUT2D eigenvalue weighted by molar-refractivity contribution is 0.668. The highest BCUT2D eigenvalue weighted by Crippen LogP contribution is 2.27. The molecule has 2 aromatic carbocycles. The van der Waals surface area contributed by atoms with Gasteiger partial charge in [0.15, 0.2) is 0 Å². The Morgan fingerprint density at radius 3 is 2.38 bits per heavy atom. The van der Waals surface area contributed by atoms with Crippen molar-refractivity contribution in [2.75, 3.05) is 6.54 Å². The van der Waals surface area contributed by atoms with E-state index in [2.05, 4.69) is 49.4 Å². The molecule has 0 fully saturated rings. The van der Waals surface area contributed by atoms with Gasteiger partial charge in [0.1, 0.15) is 0 Å². The van der Waals surface area contributed by atoms with Crippen molar-refractivity contribution in [2.45, 2.75) is 44.9 Å². The van der Waals surface area contributed by atoms with Crippen molar-refractivity contribution in [3.8, 4) is 0 Å². The normalized spacial score (nSPS) is 15.5. The Balaban J connectivity index is 1.81. The van der Waals surface area contributed by atoms with Gasteiger partial charge in [0.25, 0.3) is 0 Å². The van der Waals surface area contributed by atoms with Gasteiger partial charge in [0.2, 0.25) is 0 Å². The Bertz CT molecular complexity index is 598. The summed E-state index contributed by atoms with van der Waals surface area (Å²) in [6.45, 7) is 2.85. The second-order valence-electron chi connectivity index (χ2n) is 6.36. The van der Waals surface area contributed by atoms with E-state index in [-0.39, 0.29) is 0 Å². The van der Waals surface area contributed by atoms with E-state index in [4.69, 9.17) is 5.73 Å². The predicted octanol–water partition coefficient (Wildman–Crippen LogP) is 4.16. The third-order valence-corrected chi connectivity index (χ3v) is 4.73. The second kappa shape index (κ2) is 6.44. The maximum Gasteiger partial charge on any atom is 0.000167 e. The molecule has 110 valence electrons. The minimum absolute atomic E-state index is 0.430. The van der Waals surface area contributed by atoms with E-state index < -0.39 is 0 Å². The average Bonchev–Trinajstić information content (AvgIpc) is 2.54. The van der Waals surface area contributed by atoms with Gasteiger partial charge < -0.3 is 5.73 Å². The zero-order valence-electron chi connectivity index (χ0n) is 12.9. The largest absolute Gasteiger partial charge is 0.330 e. The van der Waals surface area contributed by atoms with Gasteiger partial charge in [-0.2, -0.15) is 0 Å². The lowest BCUT2D eigenvalue weighted by Crippen LogP contribution is -2.16. The molecule has 1 unspecified atom stereocenters. The molecule has 0 radical (unpaired) electrons. The number of fused-ring (bicyclic) bond motifs is 1. The highest BCUT2D eigenvalue weighted by atomic mass is 14.5. The molecule has 0 saturated carbocycles. The summed E-state index contributed by atoms with van der Waals surface area (Å²) in [5, 5.41) is 0. The smallest absolute Gasteiger partial charge is 0.000167 e. The fourth-order valence-corrected chi connectivity index (χ4v) is 3.35. The lowest BCUT2D eigenvalue weighted by Gasteiger charge is -2.21. The molecule has 1 heteroatoms. The summed E-state index contributed by atoms with van der Waals surface area (Å²) in [4.78, 5) is 0. The Labute approximate surface area is 128 Å². The average molecular weight is 279 g/mol. The maximum absolute atomic E-state index is 6.06. The van der Waals surface area contributed by atoms with Crippen molar-refractivity contribution in [3.05, 3.63) is 70.3 Å². The summed E-state index contributed by atoms with van der Waals surface area (Å²) in [7, 11) is 0. The van der Waals surface area contributed by atoms with Gasteiger partial charge >= 0.3 is 0 Å². The van der Waals surface area contributed by atoms with Gasteiger partial charge in [-0.05, 0) is 67.8 Å². The fourth-order valence-electron chi connectivity index (χ4n) is 3.35. The highest BCUT2D eigenvalue weighted by molar-refractivity contribution is 5.36. The molecule has 21 heavy (non-hydrogen) atoms. The molecule has 0 aromatic heterocycles. The van der Waals surface area contributed by atoms with Crippen LogP contribution in [-0.2, 0) is 19.3 Å². The van der Waals surface area contributed by atoms with E-state index >= 15 is 0 Å². The van der Waals surface area contributed by atoms with Gasteiger partial charge in [-0.1, -0.05) is 48.0 Å². The minimum atomic E-state index is 0.430. The van der Waals surface area contributed by atoms with Crippen LogP contribution in [0, 0.1) is 6.92 Å². The molecular weight excluding hydrogens is 254 g/mol. The van der Waals surface area contributed by atoms with Gasteiger partial charge in [0.05, 0.1) is 0 Å². The summed E-state index contributed by atoms with van der Waals surface area (Å²) >= 11 is 0.